The Labute approximate surface area is 445 Å². The number of carbonyl (C=O) groups excluding carboxylic acids is 7. The van der Waals surface area contributed by atoms with Gasteiger partial charge in [0.15, 0.2) is 22.4 Å². The molecule has 2 heterocycles. The zero-order valence-corrected chi connectivity index (χ0v) is 43.9. The number of amides is 6. The summed E-state index contributed by atoms with van der Waals surface area (Å²) in [5.74, 6) is -4.72. The Morgan fingerprint density at radius 2 is 1.13 bits per heavy atom. The van der Waals surface area contributed by atoms with Crippen molar-refractivity contribution in [3.63, 3.8) is 0 Å². The van der Waals surface area contributed by atoms with Crippen LogP contribution in [0, 0.1) is 0 Å². The van der Waals surface area contributed by atoms with Crippen molar-refractivity contribution in [3.8, 4) is 11.5 Å². The van der Waals surface area contributed by atoms with Crippen molar-refractivity contribution >= 4 is 96.5 Å². The van der Waals surface area contributed by atoms with E-state index in [1.807, 2.05) is 0 Å². The molecule has 6 amide bonds. The van der Waals surface area contributed by atoms with Gasteiger partial charge in [0, 0.05) is 42.8 Å². The molecule has 24 heteroatoms. The molecule has 1 atom stereocenters. The van der Waals surface area contributed by atoms with Crippen LogP contribution in [0.5, 0.6) is 11.5 Å². The normalized spacial score (nSPS) is 15.9. The van der Waals surface area contributed by atoms with Gasteiger partial charge in [-0.25, -0.2) is 9.59 Å². The van der Waals surface area contributed by atoms with Gasteiger partial charge in [0.1, 0.15) is 38.6 Å². The lowest BCUT2D eigenvalue weighted by Crippen LogP contribution is -2.56. The number of piperazine rings is 2. The van der Waals surface area contributed by atoms with E-state index in [0.29, 0.717) is 35.3 Å². The van der Waals surface area contributed by atoms with Crippen LogP contribution in [-0.4, -0.2) is 197 Å². The number of carbonyl (C=O) groups is 7. The van der Waals surface area contributed by atoms with E-state index in [0.717, 1.165) is 25.7 Å². The first kappa shape index (κ1) is 56.6. The summed E-state index contributed by atoms with van der Waals surface area (Å²) in [6.45, 7) is 0.400. The number of anilines is 1. The third kappa shape index (κ3) is 10.7. The predicted octanol–water partition coefficient (Wildman–Crippen LogP) is 1.97. The third-order valence-corrected chi connectivity index (χ3v) is 14.2. The number of aliphatic hydroxyl groups excluding tert-OH is 2. The van der Waals surface area contributed by atoms with E-state index in [4.69, 9.17) is 33.2 Å². The molecule has 5 aromatic rings. The highest BCUT2D eigenvalue weighted by atomic mass is 16.6. The molecule has 0 bridgehead atoms. The monoisotopic (exact) mass is 1080 g/mol. The van der Waals surface area contributed by atoms with E-state index >= 15 is 0 Å². The van der Waals surface area contributed by atoms with Crippen molar-refractivity contribution in [2.24, 2.45) is 0 Å². The van der Waals surface area contributed by atoms with Crippen LogP contribution in [0.15, 0.2) is 27.3 Å². The Balaban J connectivity index is 1.19. The van der Waals surface area contributed by atoms with Gasteiger partial charge < -0.3 is 53.8 Å². The number of allylic oxidation sites excluding steroid dienone is 1. The maximum absolute atomic E-state index is 14.9. The first-order valence-electron chi connectivity index (χ1n) is 25.3. The highest BCUT2D eigenvalue weighted by molar-refractivity contribution is 6.39. The minimum atomic E-state index is -1.10. The van der Waals surface area contributed by atoms with Crippen LogP contribution < -0.4 is 20.9 Å². The minimum Gasteiger partial charge on any atom is -0.504 e. The van der Waals surface area contributed by atoms with Gasteiger partial charge >= 0.3 is 12.2 Å². The van der Waals surface area contributed by atoms with E-state index in [9.17, 15) is 58.5 Å². The molecule has 4 N–H and O–H groups in total. The van der Waals surface area contributed by atoms with E-state index in [-0.39, 0.29) is 144 Å². The molecule has 1 aliphatic carbocycles. The summed E-state index contributed by atoms with van der Waals surface area (Å²) in [6.07, 6.45) is -0.0904. The number of hydrogen-bond acceptors (Lipinski definition) is 20. The summed E-state index contributed by atoms with van der Waals surface area (Å²) < 4.78 is 37.8. The summed E-state index contributed by atoms with van der Waals surface area (Å²) in [7, 11) is 4.30. The molecule has 2 fully saturated rings. The Morgan fingerprint density at radius 1 is 0.628 bits per heavy atom. The fourth-order valence-electron chi connectivity index (χ4n) is 10.8. The second kappa shape index (κ2) is 24.4. The van der Waals surface area contributed by atoms with Crippen molar-refractivity contribution in [2.75, 3.05) is 125 Å². The third-order valence-electron chi connectivity index (χ3n) is 14.2. The van der Waals surface area contributed by atoms with Gasteiger partial charge in [0.05, 0.1) is 96.4 Å². The van der Waals surface area contributed by atoms with Gasteiger partial charge in [0.2, 0.25) is 23.6 Å². The van der Waals surface area contributed by atoms with Crippen LogP contribution in [0.2, 0.25) is 0 Å². The number of fused-ring (bicyclic) bond motifs is 1. The average molecular weight is 1080 g/mol. The number of imide groups is 2. The number of Topliss-reactive ketones (excluding diaryl/α,β-unsaturated/α-hetero) is 1. The molecule has 3 aliphatic rings. The second-order valence-electron chi connectivity index (χ2n) is 18.9. The summed E-state index contributed by atoms with van der Waals surface area (Å²) >= 11 is 0. The van der Waals surface area contributed by atoms with Gasteiger partial charge in [0.25, 0.3) is 0 Å². The maximum atomic E-state index is 14.9. The lowest BCUT2D eigenvalue weighted by molar-refractivity contribution is -0.152. The van der Waals surface area contributed by atoms with Crippen LogP contribution in [0.4, 0.5) is 15.3 Å². The number of ketones is 1. The van der Waals surface area contributed by atoms with Gasteiger partial charge in [-0.2, -0.15) is 0 Å². The van der Waals surface area contributed by atoms with Crippen LogP contribution in [0.1, 0.15) is 54.0 Å². The first-order chi connectivity index (χ1) is 37.5. The molecule has 78 heavy (non-hydrogen) atoms. The van der Waals surface area contributed by atoms with Crippen LogP contribution in [0.3, 0.4) is 0 Å². The minimum absolute atomic E-state index is 0.0172. The molecular formula is C54H61N5O19. The Morgan fingerprint density at radius 3 is 1.62 bits per heavy atom. The molecule has 24 nitrogen and oxygen atoms in total. The molecule has 0 spiro atoms. The summed E-state index contributed by atoms with van der Waals surface area (Å²) in [5, 5.41) is 38.6. The van der Waals surface area contributed by atoms with E-state index in [1.54, 1.807) is 13.0 Å². The summed E-state index contributed by atoms with van der Waals surface area (Å²) in [5.41, 5.74) is 0.647. The number of hydrogen-bond donors (Lipinski definition) is 4. The zero-order valence-electron chi connectivity index (χ0n) is 43.9. The molecule has 0 saturated carbocycles. The Bertz CT molecular complexity index is 3330. The van der Waals surface area contributed by atoms with Gasteiger partial charge in [-0.05, 0) is 82.6 Å². The first-order valence-corrected chi connectivity index (χ1v) is 25.3. The zero-order chi connectivity index (χ0) is 56.1. The standard InChI is InChI=1S/C54H61N5O19/c1-28-19-33-32(7-6-11-77-53(70)56-22-36(65)58(37(66)23-56)9-13-75-17-15-72-3)50(55-8-12-78-54(71)57-24-38(67)59(39(68)25-57)10-14-76-18-16-73-4)44-34(63)20-30(26-60)41-42-31(27-61)21-35(64)45-47(42)48(43(33)46(41)44)49(40(28)29(2)62)52(74-5)51(45)69/h19-21,40,55,60-61,69H,6-18,22-27H2,1-5H3. The predicted molar refractivity (Wildman–Crippen MR) is 280 cm³/mol. The molecule has 2 saturated heterocycles. The van der Waals surface area contributed by atoms with Crippen molar-refractivity contribution < 1.29 is 82.0 Å². The van der Waals surface area contributed by atoms with Crippen LogP contribution in [0.25, 0.3) is 49.2 Å². The van der Waals surface area contributed by atoms with Crippen molar-refractivity contribution in [2.45, 2.75) is 45.8 Å². The molecule has 0 radical (unpaired) electrons. The molecule has 2 aliphatic heterocycles. The second-order valence-corrected chi connectivity index (χ2v) is 18.9. The molecule has 5 aromatic carbocycles. The maximum Gasteiger partial charge on any atom is 0.410 e. The van der Waals surface area contributed by atoms with Crippen molar-refractivity contribution in [3.05, 3.63) is 66.0 Å². The van der Waals surface area contributed by atoms with Gasteiger partial charge in [-0.3, -0.25) is 53.2 Å². The number of ether oxygens (including phenoxy) is 7. The topological polar surface area (TPSA) is 304 Å². The fraction of sp³-hybridized carbons (Fsp3) is 0.463. The fourth-order valence-corrected chi connectivity index (χ4v) is 10.8. The van der Waals surface area contributed by atoms with Gasteiger partial charge in [-0.1, -0.05) is 11.6 Å². The van der Waals surface area contributed by atoms with Crippen molar-refractivity contribution in [1.82, 2.24) is 19.6 Å². The lowest BCUT2D eigenvalue weighted by Gasteiger charge is -2.32. The number of nitrogens with one attached hydrogen (secondary N) is 1. The molecule has 416 valence electrons. The van der Waals surface area contributed by atoms with Crippen LogP contribution >= 0.6 is 0 Å². The average Bonchev–Trinajstić information content (AvgIpc) is 3.74. The molecule has 1 unspecified atom stereocenters. The number of phenols is 1. The van der Waals surface area contributed by atoms with E-state index < -0.39 is 97.7 Å². The number of rotatable bonds is 24. The lowest BCUT2D eigenvalue weighted by atomic mass is 9.78. The smallest absolute Gasteiger partial charge is 0.410 e. The highest BCUT2D eigenvalue weighted by Crippen LogP contribution is 2.56. The van der Waals surface area contributed by atoms with Crippen LogP contribution in [-0.2, 0) is 72.0 Å². The number of benzene rings is 5. The van der Waals surface area contributed by atoms with Crippen molar-refractivity contribution in [1.29, 1.82) is 0 Å². The number of phenolic OH excluding ortho intramolecular Hbond substituents is 1. The molecule has 0 aromatic heterocycles. The Kier molecular flexibility index (Phi) is 17.7. The SMILES string of the molecule is COCCOCCN1C(=O)CN(C(=O)OCCCc2c(NCCOC(=O)N3CC(=O)N(CCOCCOC)C(=O)C3)c3c(=O)cc(CO)c4c5c(CO)cc(=O)c6c(O)c(OC)c7c(c(c2C=C(C)C7C(C)=O)c34)c65)CC1=O. The van der Waals surface area contributed by atoms with E-state index in [2.05, 4.69) is 5.32 Å². The number of aromatic hydroxyl groups is 1. The Hall–Kier alpha value is -7.61. The number of aliphatic hydroxyl groups is 2. The molecular weight excluding hydrogens is 1020 g/mol. The quantitative estimate of drug-likeness (QED) is 0.0297. The molecule has 8 rings (SSSR count). The summed E-state index contributed by atoms with van der Waals surface area (Å²) in [4.78, 5) is 126. The number of nitrogens with zero attached hydrogens (tertiary/aromatic N) is 4. The number of methoxy groups -OCH3 is 3. The largest absolute Gasteiger partial charge is 0.504 e. The summed E-state index contributed by atoms with van der Waals surface area (Å²) in [6, 6.07) is 2.38. The van der Waals surface area contributed by atoms with E-state index in [1.165, 1.54) is 34.3 Å². The highest BCUT2D eigenvalue weighted by Gasteiger charge is 2.39. The van der Waals surface area contributed by atoms with Gasteiger partial charge in [-0.15, -0.1) is 0 Å².